The van der Waals surface area contributed by atoms with Gasteiger partial charge in [-0.3, -0.25) is 0 Å². The van der Waals surface area contributed by atoms with Crippen molar-refractivity contribution in [2.75, 3.05) is 7.11 Å². The normalized spacial score (nSPS) is 10.7. The van der Waals surface area contributed by atoms with Gasteiger partial charge in [-0.2, -0.15) is 0 Å². The minimum absolute atomic E-state index is 0.890. The van der Waals surface area contributed by atoms with Crippen molar-refractivity contribution in [3.05, 3.63) is 127 Å². The average Bonchev–Trinajstić information content (AvgIpc) is 2.89. The van der Waals surface area contributed by atoms with Crippen LogP contribution in [0.2, 0.25) is 0 Å². The van der Waals surface area contributed by atoms with Crippen LogP contribution in [0.1, 0.15) is 0 Å². The summed E-state index contributed by atoms with van der Waals surface area (Å²) in [6, 6.07) is 44.5. The van der Waals surface area contributed by atoms with Crippen LogP contribution in [0.15, 0.2) is 127 Å². The lowest BCUT2D eigenvalue weighted by atomic mass is 9.83. The molecule has 5 aromatic rings. The van der Waals surface area contributed by atoms with Gasteiger partial charge in [0.1, 0.15) is 5.75 Å². The van der Waals surface area contributed by atoms with Crippen molar-refractivity contribution in [1.82, 2.24) is 0 Å². The van der Waals surface area contributed by atoms with Gasteiger partial charge in [-0.05, 0) is 33.9 Å². The van der Waals surface area contributed by atoms with Crippen LogP contribution in [-0.2, 0) is 0 Å². The van der Waals surface area contributed by atoms with Crippen molar-refractivity contribution in [3.8, 4) is 50.3 Å². The largest absolute Gasteiger partial charge is 0.495 e. The van der Waals surface area contributed by atoms with E-state index in [9.17, 15) is 0 Å². The minimum atomic E-state index is 0.890. The maximum atomic E-state index is 6.14. The van der Waals surface area contributed by atoms with Crippen LogP contribution >= 0.6 is 0 Å². The molecule has 0 atom stereocenters. The third-order valence-electron chi connectivity index (χ3n) is 5.78. The first kappa shape index (κ1) is 19.8. The lowest BCUT2D eigenvalue weighted by Gasteiger charge is -2.23. The second kappa shape index (κ2) is 8.95. The Hall–Kier alpha value is -4.10. The van der Waals surface area contributed by atoms with Crippen LogP contribution in [0, 0.1) is 0 Å². The average molecular weight is 413 g/mol. The van der Waals surface area contributed by atoms with Crippen LogP contribution in [0.25, 0.3) is 44.5 Å². The molecule has 1 heteroatoms. The van der Waals surface area contributed by atoms with Crippen LogP contribution in [0.3, 0.4) is 0 Å². The van der Waals surface area contributed by atoms with E-state index in [2.05, 4.69) is 121 Å². The Kier molecular flexibility index (Phi) is 5.55. The number of rotatable bonds is 5. The predicted molar refractivity (Wildman–Crippen MR) is 135 cm³/mol. The van der Waals surface area contributed by atoms with Gasteiger partial charge in [0.05, 0.1) is 7.11 Å². The van der Waals surface area contributed by atoms with E-state index in [1.807, 2.05) is 6.07 Å². The second-order valence-electron chi connectivity index (χ2n) is 7.72. The summed E-state index contributed by atoms with van der Waals surface area (Å²) >= 11 is 0. The zero-order valence-corrected chi connectivity index (χ0v) is 18.0. The Bertz CT molecular complexity index is 1310. The monoisotopic (exact) mass is 412 g/mol. The second-order valence-corrected chi connectivity index (χ2v) is 7.72. The molecular formula is C31H24O. The van der Waals surface area contributed by atoms with Gasteiger partial charge in [0, 0.05) is 16.7 Å². The maximum absolute atomic E-state index is 6.14. The van der Waals surface area contributed by atoms with Crippen LogP contribution < -0.4 is 4.74 Å². The fraction of sp³-hybridized carbons (Fsp3) is 0.0323. The first-order valence-electron chi connectivity index (χ1n) is 10.8. The maximum Gasteiger partial charge on any atom is 0.135 e. The van der Waals surface area contributed by atoms with Crippen molar-refractivity contribution < 1.29 is 4.74 Å². The molecule has 154 valence electrons. The van der Waals surface area contributed by atoms with Crippen LogP contribution in [0.5, 0.6) is 5.75 Å². The van der Waals surface area contributed by atoms with E-state index >= 15 is 0 Å². The van der Waals surface area contributed by atoms with Gasteiger partial charge in [0.15, 0.2) is 0 Å². The summed E-state index contributed by atoms with van der Waals surface area (Å²) in [4.78, 5) is 0. The molecule has 5 rings (SSSR count). The molecule has 0 aromatic heterocycles. The molecule has 0 N–H and O–H groups in total. The first-order valence-corrected chi connectivity index (χ1v) is 10.8. The summed E-state index contributed by atoms with van der Waals surface area (Å²) < 4.78 is 6.14. The van der Waals surface area contributed by atoms with Gasteiger partial charge in [0.25, 0.3) is 0 Å². The lowest BCUT2D eigenvalue weighted by molar-refractivity contribution is 0.418. The third kappa shape index (κ3) is 3.70. The third-order valence-corrected chi connectivity index (χ3v) is 5.78. The van der Waals surface area contributed by atoms with E-state index in [1.165, 1.54) is 22.3 Å². The fourth-order valence-corrected chi connectivity index (χ4v) is 4.34. The number of hydrogen-bond donors (Lipinski definition) is 0. The Morgan fingerprint density at radius 1 is 0.406 bits per heavy atom. The van der Waals surface area contributed by atoms with Gasteiger partial charge >= 0.3 is 0 Å². The van der Waals surface area contributed by atoms with E-state index in [4.69, 9.17) is 4.74 Å². The summed E-state index contributed by atoms with van der Waals surface area (Å²) in [5.41, 5.74) is 9.20. The summed E-state index contributed by atoms with van der Waals surface area (Å²) in [5, 5.41) is 0. The smallest absolute Gasteiger partial charge is 0.135 e. The molecule has 0 fully saturated rings. The Morgan fingerprint density at radius 3 is 1.22 bits per heavy atom. The highest BCUT2D eigenvalue weighted by Gasteiger charge is 2.23. The molecule has 32 heavy (non-hydrogen) atoms. The minimum Gasteiger partial charge on any atom is -0.495 e. The van der Waals surface area contributed by atoms with Crippen LogP contribution in [-0.4, -0.2) is 7.11 Å². The molecule has 0 amide bonds. The Morgan fingerprint density at radius 2 is 0.781 bits per heavy atom. The van der Waals surface area contributed by atoms with Crippen molar-refractivity contribution in [2.45, 2.75) is 0 Å². The van der Waals surface area contributed by atoms with E-state index < -0.39 is 0 Å². The summed E-state index contributed by atoms with van der Waals surface area (Å²) in [6.07, 6.45) is 0. The van der Waals surface area contributed by atoms with Crippen molar-refractivity contribution in [3.63, 3.8) is 0 Å². The molecule has 0 aliphatic rings. The summed E-state index contributed by atoms with van der Waals surface area (Å²) in [7, 11) is 1.77. The topological polar surface area (TPSA) is 9.23 Å². The zero-order valence-electron chi connectivity index (χ0n) is 18.0. The highest BCUT2D eigenvalue weighted by Crippen LogP contribution is 2.49. The Labute approximate surface area is 189 Å². The molecule has 0 aliphatic carbocycles. The molecule has 5 aromatic carbocycles. The molecule has 0 heterocycles. The molecule has 0 saturated carbocycles. The molecule has 0 unspecified atom stereocenters. The SMILES string of the molecule is COc1c(-c2ccccc2)cc(-c2ccccc2)c(-c2ccccc2)c1-c1ccccc1. The molecule has 0 aliphatic heterocycles. The highest BCUT2D eigenvalue weighted by atomic mass is 16.5. The molecule has 1 nitrogen and oxygen atoms in total. The van der Waals surface area contributed by atoms with Gasteiger partial charge in [-0.25, -0.2) is 0 Å². The van der Waals surface area contributed by atoms with Crippen LogP contribution in [0.4, 0.5) is 0 Å². The first-order chi connectivity index (χ1) is 15.9. The molecule has 0 spiro atoms. The van der Waals surface area contributed by atoms with Gasteiger partial charge in [0.2, 0.25) is 0 Å². The Balaban J connectivity index is 1.96. The quantitative estimate of drug-likeness (QED) is 0.282. The fourth-order valence-electron chi connectivity index (χ4n) is 4.34. The highest BCUT2D eigenvalue weighted by molar-refractivity contribution is 6.01. The molecule has 0 bridgehead atoms. The van der Waals surface area contributed by atoms with Crippen molar-refractivity contribution in [2.24, 2.45) is 0 Å². The molecule has 0 saturated heterocycles. The van der Waals surface area contributed by atoms with E-state index in [0.717, 1.165) is 28.0 Å². The summed E-state index contributed by atoms with van der Waals surface area (Å²) in [5.74, 6) is 0.890. The molecule has 0 radical (unpaired) electrons. The number of ether oxygens (including phenoxy) is 1. The number of benzene rings is 5. The zero-order chi connectivity index (χ0) is 21.8. The summed E-state index contributed by atoms with van der Waals surface area (Å²) in [6.45, 7) is 0. The number of hydrogen-bond acceptors (Lipinski definition) is 1. The van der Waals surface area contributed by atoms with Gasteiger partial charge < -0.3 is 4.74 Å². The van der Waals surface area contributed by atoms with E-state index in [0.29, 0.717) is 0 Å². The van der Waals surface area contributed by atoms with E-state index in [1.54, 1.807) is 7.11 Å². The van der Waals surface area contributed by atoms with Gasteiger partial charge in [-0.15, -0.1) is 0 Å². The van der Waals surface area contributed by atoms with Crippen molar-refractivity contribution in [1.29, 1.82) is 0 Å². The lowest BCUT2D eigenvalue weighted by Crippen LogP contribution is -1.98. The van der Waals surface area contributed by atoms with Crippen molar-refractivity contribution >= 4 is 0 Å². The standard InChI is InChI=1S/C31H24O/c1-32-31-28(24-16-8-3-9-17-24)22-27(23-14-6-2-7-15-23)29(25-18-10-4-11-19-25)30(31)26-20-12-5-13-21-26/h2-22H,1H3. The molecular weight excluding hydrogens is 388 g/mol. The predicted octanol–water partition coefficient (Wildman–Crippen LogP) is 8.36. The number of methoxy groups -OCH3 is 1. The van der Waals surface area contributed by atoms with Gasteiger partial charge in [-0.1, -0.05) is 121 Å². The van der Waals surface area contributed by atoms with E-state index in [-0.39, 0.29) is 0 Å².